The molecule has 1 aromatic heterocycles. The van der Waals surface area contributed by atoms with Crippen molar-refractivity contribution in [3.63, 3.8) is 0 Å². The molecule has 2 fully saturated rings. The third-order valence-corrected chi connectivity index (χ3v) is 3.67. The average molecular weight is 235 g/mol. The number of ether oxygens (including phenoxy) is 1. The fourth-order valence-corrected chi connectivity index (χ4v) is 2.71. The summed E-state index contributed by atoms with van der Waals surface area (Å²) < 4.78 is 7.34. The molecule has 2 unspecified atom stereocenters. The molecule has 2 atom stereocenters. The van der Waals surface area contributed by atoms with E-state index in [2.05, 4.69) is 10.00 Å². The summed E-state index contributed by atoms with van der Waals surface area (Å²) in [5.74, 6) is 0.0588. The Morgan fingerprint density at radius 1 is 1.59 bits per heavy atom. The summed E-state index contributed by atoms with van der Waals surface area (Å²) >= 11 is 0. The summed E-state index contributed by atoms with van der Waals surface area (Å²) in [7, 11) is 1.81. The Labute approximate surface area is 100 Å². The van der Waals surface area contributed by atoms with Gasteiger partial charge in [-0.1, -0.05) is 0 Å². The molecule has 0 radical (unpaired) electrons. The Morgan fingerprint density at radius 2 is 2.47 bits per heavy atom. The summed E-state index contributed by atoms with van der Waals surface area (Å²) in [6.45, 7) is 2.53. The molecule has 0 aromatic carbocycles. The van der Waals surface area contributed by atoms with Crippen LogP contribution in [0.4, 0.5) is 0 Å². The van der Waals surface area contributed by atoms with Gasteiger partial charge < -0.3 is 4.74 Å². The van der Waals surface area contributed by atoms with Crippen LogP contribution in [0.2, 0.25) is 0 Å². The van der Waals surface area contributed by atoms with Crippen molar-refractivity contribution < 1.29 is 9.53 Å². The van der Waals surface area contributed by atoms with Gasteiger partial charge in [0.25, 0.3) is 0 Å². The lowest BCUT2D eigenvalue weighted by molar-refractivity contribution is -0.0344. The Hall–Kier alpha value is -1.20. The Kier molecular flexibility index (Phi) is 2.72. The van der Waals surface area contributed by atoms with Gasteiger partial charge in [-0.05, 0) is 19.4 Å². The van der Waals surface area contributed by atoms with E-state index in [1.807, 2.05) is 7.05 Å². The summed E-state index contributed by atoms with van der Waals surface area (Å²) in [5.41, 5.74) is 0.648. The van der Waals surface area contributed by atoms with E-state index < -0.39 is 0 Å². The van der Waals surface area contributed by atoms with E-state index in [1.54, 1.807) is 17.1 Å². The summed E-state index contributed by atoms with van der Waals surface area (Å²) in [4.78, 5) is 14.6. The molecular formula is C12H17N3O2. The van der Waals surface area contributed by atoms with Crippen LogP contribution in [0.3, 0.4) is 0 Å². The second kappa shape index (κ2) is 4.23. The highest BCUT2D eigenvalue weighted by molar-refractivity contribution is 5.99. The first-order valence-corrected chi connectivity index (χ1v) is 6.12. The van der Waals surface area contributed by atoms with E-state index in [1.165, 1.54) is 12.8 Å². The standard InChI is InChI=1S/C12H17N3O2/c1-14-6-9(5-13-14)12(16)11-7-15-4-2-3-10(15)8-17-11/h5-6,10-11H,2-4,7-8H2,1H3. The number of hydrogen-bond acceptors (Lipinski definition) is 4. The van der Waals surface area contributed by atoms with Crippen molar-refractivity contribution in [2.75, 3.05) is 19.7 Å². The largest absolute Gasteiger partial charge is 0.367 e. The molecule has 0 spiro atoms. The molecule has 17 heavy (non-hydrogen) atoms. The van der Waals surface area contributed by atoms with Crippen LogP contribution in [0.15, 0.2) is 12.4 Å². The predicted molar refractivity (Wildman–Crippen MR) is 61.9 cm³/mol. The molecule has 0 bridgehead atoms. The third-order valence-electron chi connectivity index (χ3n) is 3.67. The van der Waals surface area contributed by atoms with Crippen molar-refractivity contribution in [2.24, 2.45) is 7.05 Å². The first-order valence-electron chi connectivity index (χ1n) is 6.12. The molecule has 1 aromatic rings. The maximum Gasteiger partial charge on any atom is 0.196 e. The van der Waals surface area contributed by atoms with Crippen molar-refractivity contribution >= 4 is 5.78 Å². The van der Waals surface area contributed by atoms with Crippen molar-refractivity contribution in [3.05, 3.63) is 18.0 Å². The highest BCUT2D eigenvalue weighted by Crippen LogP contribution is 2.23. The van der Waals surface area contributed by atoms with E-state index in [0.717, 1.165) is 13.1 Å². The summed E-state index contributed by atoms with van der Waals surface area (Å²) in [6, 6.07) is 0.535. The SMILES string of the molecule is Cn1cc(C(=O)C2CN3CCCC3CO2)cn1. The molecule has 0 N–H and O–H groups in total. The average Bonchev–Trinajstić information content (AvgIpc) is 2.95. The number of Topliss-reactive ketones (excluding diaryl/α,β-unsaturated/α-hetero) is 1. The quantitative estimate of drug-likeness (QED) is 0.699. The molecule has 5 nitrogen and oxygen atoms in total. The molecule has 0 amide bonds. The van der Waals surface area contributed by atoms with E-state index in [9.17, 15) is 4.79 Å². The smallest absolute Gasteiger partial charge is 0.196 e. The Morgan fingerprint density at radius 3 is 3.24 bits per heavy atom. The number of fused-ring (bicyclic) bond motifs is 1. The van der Waals surface area contributed by atoms with E-state index in [4.69, 9.17) is 4.74 Å². The highest BCUT2D eigenvalue weighted by Gasteiger charge is 2.35. The normalized spacial score (nSPS) is 29.2. The molecule has 92 valence electrons. The van der Waals surface area contributed by atoms with Crippen LogP contribution < -0.4 is 0 Å². The zero-order valence-corrected chi connectivity index (χ0v) is 10.0. The topological polar surface area (TPSA) is 47.4 Å². The number of ketones is 1. The zero-order valence-electron chi connectivity index (χ0n) is 10.0. The molecule has 3 heterocycles. The summed E-state index contributed by atoms with van der Waals surface area (Å²) in [6.07, 6.45) is 5.48. The minimum Gasteiger partial charge on any atom is -0.367 e. The minimum atomic E-state index is -0.312. The molecule has 2 aliphatic heterocycles. The number of morpholine rings is 1. The van der Waals surface area contributed by atoms with Crippen LogP contribution in [0.5, 0.6) is 0 Å². The minimum absolute atomic E-state index is 0.0588. The molecular weight excluding hydrogens is 218 g/mol. The lowest BCUT2D eigenvalue weighted by atomic mass is 10.1. The van der Waals surface area contributed by atoms with E-state index in [0.29, 0.717) is 18.2 Å². The second-order valence-corrected chi connectivity index (χ2v) is 4.88. The molecule has 0 aliphatic carbocycles. The van der Waals surface area contributed by atoms with Crippen LogP contribution in [-0.2, 0) is 11.8 Å². The van der Waals surface area contributed by atoms with Gasteiger partial charge in [-0.15, -0.1) is 0 Å². The number of nitrogens with zero attached hydrogens (tertiary/aromatic N) is 3. The van der Waals surface area contributed by atoms with E-state index in [-0.39, 0.29) is 11.9 Å². The molecule has 2 aliphatic rings. The highest BCUT2D eigenvalue weighted by atomic mass is 16.5. The van der Waals surface area contributed by atoms with Gasteiger partial charge in [-0.2, -0.15) is 5.10 Å². The lowest BCUT2D eigenvalue weighted by Gasteiger charge is -2.34. The third kappa shape index (κ3) is 2.00. The number of hydrogen-bond donors (Lipinski definition) is 0. The molecule has 3 rings (SSSR count). The Balaban J connectivity index is 1.70. The fourth-order valence-electron chi connectivity index (χ4n) is 2.71. The van der Waals surface area contributed by atoms with Gasteiger partial charge in [0.1, 0.15) is 6.10 Å². The van der Waals surface area contributed by atoms with Crippen LogP contribution in [0, 0.1) is 0 Å². The van der Waals surface area contributed by atoms with Gasteiger partial charge in [-0.3, -0.25) is 14.4 Å². The van der Waals surface area contributed by atoms with Gasteiger partial charge >= 0.3 is 0 Å². The number of aromatic nitrogens is 2. The number of rotatable bonds is 2. The fraction of sp³-hybridized carbons (Fsp3) is 0.667. The maximum atomic E-state index is 12.2. The van der Waals surface area contributed by atoms with Crippen LogP contribution in [0.25, 0.3) is 0 Å². The van der Waals surface area contributed by atoms with Gasteiger partial charge in [0.15, 0.2) is 5.78 Å². The van der Waals surface area contributed by atoms with Crippen molar-refractivity contribution in [1.29, 1.82) is 0 Å². The Bertz CT molecular complexity index is 429. The number of aryl methyl sites for hydroxylation is 1. The van der Waals surface area contributed by atoms with Crippen LogP contribution in [0.1, 0.15) is 23.2 Å². The van der Waals surface area contributed by atoms with Gasteiger partial charge in [0.2, 0.25) is 0 Å². The van der Waals surface area contributed by atoms with E-state index >= 15 is 0 Å². The molecule has 0 saturated carbocycles. The maximum absolute atomic E-state index is 12.2. The second-order valence-electron chi connectivity index (χ2n) is 4.88. The van der Waals surface area contributed by atoms with Gasteiger partial charge in [-0.25, -0.2) is 0 Å². The zero-order chi connectivity index (χ0) is 11.8. The first-order chi connectivity index (χ1) is 8.24. The van der Waals surface area contributed by atoms with Crippen LogP contribution in [-0.4, -0.2) is 52.3 Å². The lowest BCUT2D eigenvalue weighted by Crippen LogP contribution is -2.49. The van der Waals surface area contributed by atoms with Crippen molar-refractivity contribution in [1.82, 2.24) is 14.7 Å². The summed E-state index contributed by atoms with van der Waals surface area (Å²) in [5, 5.41) is 4.03. The first kappa shape index (κ1) is 10.9. The number of carbonyl (C=O) groups is 1. The molecule has 5 heteroatoms. The van der Waals surface area contributed by atoms with Crippen molar-refractivity contribution in [3.8, 4) is 0 Å². The molecule has 2 saturated heterocycles. The van der Waals surface area contributed by atoms with Gasteiger partial charge in [0, 0.05) is 25.8 Å². The monoisotopic (exact) mass is 235 g/mol. The number of carbonyl (C=O) groups excluding carboxylic acids is 1. The predicted octanol–water partition coefficient (Wildman–Crippen LogP) is 0.466. The van der Waals surface area contributed by atoms with Crippen molar-refractivity contribution in [2.45, 2.75) is 25.0 Å². The van der Waals surface area contributed by atoms with Crippen LogP contribution >= 0.6 is 0 Å². The van der Waals surface area contributed by atoms with Gasteiger partial charge in [0.05, 0.1) is 18.4 Å².